The zero-order valence-corrected chi connectivity index (χ0v) is 13.7. The highest BCUT2D eigenvalue weighted by molar-refractivity contribution is 8.00. The Labute approximate surface area is 146 Å². The van der Waals surface area contributed by atoms with Gasteiger partial charge in [0.05, 0.1) is 11.3 Å². The molecule has 0 saturated heterocycles. The Morgan fingerprint density at radius 1 is 1.08 bits per heavy atom. The van der Waals surface area contributed by atoms with Crippen molar-refractivity contribution in [3.8, 4) is 11.5 Å². The minimum Gasteiger partial charge on any atom is -0.486 e. The average Bonchev–Trinajstić information content (AvgIpc) is 2.59. The monoisotopic (exact) mass is 369 g/mol. The van der Waals surface area contributed by atoms with Gasteiger partial charge in [-0.2, -0.15) is 13.2 Å². The molecule has 0 unspecified atom stereocenters. The van der Waals surface area contributed by atoms with Crippen LogP contribution in [0.25, 0.3) is 0 Å². The van der Waals surface area contributed by atoms with Crippen molar-refractivity contribution in [1.82, 2.24) is 0 Å². The number of hydrogen-bond donors (Lipinski definition) is 1. The second-order valence-corrected chi connectivity index (χ2v) is 6.27. The highest BCUT2D eigenvalue weighted by Crippen LogP contribution is 2.34. The Morgan fingerprint density at radius 2 is 1.84 bits per heavy atom. The minimum atomic E-state index is -4.44. The summed E-state index contributed by atoms with van der Waals surface area (Å²) < 4.78 is 48.9. The first-order chi connectivity index (χ1) is 11.9. The molecule has 0 bridgehead atoms. The van der Waals surface area contributed by atoms with E-state index in [2.05, 4.69) is 5.32 Å². The summed E-state index contributed by atoms with van der Waals surface area (Å²) >= 11 is 1.26. The van der Waals surface area contributed by atoms with Crippen molar-refractivity contribution >= 4 is 23.4 Å². The molecule has 0 saturated carbocycles. The number of anilines is 1. The highest BCUT2D eigenvalue weighted by Gasteiger charge is 2.30. The summed E-state index contributed by atoms with van der Waals surface area (Å²) in [4.78, 5) is 12.8. The maximum absolute atomic E-state index is 12.7. The summed E-state index contributed by atoms with van der Waals surface area (Å²) in [5.74, 6) is 0.952. The van der Waals surface area contributed by atoms with Crippen molar-refractivity contribution in [3.05, 3.63) is 48.0 Å². The molecular formula is C17H14F3NO3S. The van der Waals surface area contributed by atoms with Gasteiger partial charge in [0.15, 0.2) is 11.5 Å². The van der Waals surface area contributed by atoms with Gasteiger partial charge in [0.25, 0.3) is 0 Å². The molecule has 0 spiro atoms. The summed E-state index contributed by atoms with van der Waals surface area (Å²) in [6.07, 6.45) is -4.44. The van der Waals surface area contributed by atoms with Crippen LogP contribution in [0.15, 0.2) is 47.4 Å². The molecular weight excluding hydrogens is 355 g/mol. The Morgan fingerprint density at radius 3 is 2.60 bits per heavy atom. The normalized spacial score (nSPS) is 13.4. The molecule has 2 aromatic carbocycles. The molecule has 2 aromatic rings. The third-order valence-electron chi connectivity index (χ3n) is 3.36. The van der Waals surface area contributed by atoms with Gasteiger partial charge in [-0.15, -0.1) is 11.8 Å². The second kappa shape index (κ2) is 7.26. The van der Waals surface area contributed by atoms with Gasteiger partial charge in [0.2, 0.25) is 5.91 Å². The van der Waals surface area contributed by atoms with Gasteiger partial charge < -0.3 is 14.8 Å². The first-order valence-electron chi connectivity index (χ1n) is 7.41. The van der Waals surface area contributed by atoms with Gasteiger partial charge in [0.1, 0.15) is 13.2 Å². The van der Waals surface area contributed by atoms with E-state index in [1.54, 1.807) is 18.2 Å². The summed E-state index contributed by atoms with van der Waals surface area (Å²) in [7, 11) is 0. The molecule has 0 aromatic heterocycles. The molecule has 1 aliphatic heterocycles. The van der Waals surface area contributed by atoms with Gasteiger partial charge in [-0.25, -0.2) is 0 Å². The molecule has 8 heteroatoms. The third-order valence-corrected chi connectivity index (χ3v) is 4.35. The highest BCUT2D eigenvalue weighted by atomic mass is 32.2. The van der Waals surface area contributed by atoms with Crippen molar-refractivity contribution in [2.75, 3.05) is 24.3 Å². The predicted octanol–water partition coefficient (Wildman–Crippen LogP) is 4.21. The number of thioether (sulfide) groups is 1. The number of nitrogens with one attached hydrogen (secondary N) is 1. The summed E-state index contributed by atoms with van der Waals surface area (Å²) in [6.45, 7) is 0.968. The van der Waals surface area contributed by atoms with Crippen LogP contribution >= 0.6 is 11.8 Å². The molecule has 25 heavy (non-hydrogen) atoms. The average molecular weight is 369 g/mol. The standard InChI is InChI=1S/C17H14F3NO3S/c18-17(19,20)11-2-1-3-12(8-11)21-16(22)10-25-13-4-5-14-15(9-13)24-7-6-23-14/h1-5,8-9H,6-7,10H2,(H,21,22). The SMILES string of the molecule is O=C(CSc1ccc2c(c1)OCCO2)Nc1cccc(C(F)(F)F)c1. The zero-order chi connectivity index (χ0) is 17.9. The van der Waals surface area contributed by atoms with Gasteiger partial charge in [-0.1, -0.05) is 6.07 Å². The van der Waals surface area contributed by atoms with Crippen molar-refractivity contribution < 1.29 is 27.4 Å². The summed E-state index contributed by atoms with van der Waals surface area (Å²) in [5, 5.41) is 2.47. The lowest BCUT2D eigenvalue weighted by Crippen LogP contribution is -2.16. The Kier molecular flexibility index (Phi) is 5.08. The summed E-state index contributed by atoms with van der Waals surface area (Å²) in [6, 6.07) is 9.88. The van der Waals surface area contributed by atoms with Crippen molar-refractivity contribution in [1.29, 1.82) is 0 Å². The zero-order valence-electron chi connectivity index (χ0n) is 12.9. The molecule has 0 fully saturated rings. The molecule has 1 heterocycles. The van der Waals surface area contributed by atoms with E-state index in [4.69, 9.17) is 9.47 Å². The second-order valence-electron chi connectivity index (χ2n) is 5.22. The predicted molar refractivity (Wildman–Crippen MR) is 88.2 cm³/mol. The number of carbonyl (C=O) groups is 1. The fraction of sp³-hybridized carbons (Fsp3) is 0.235. The number of carbonyl (C=O) groups excluding carboxylic acids is 1. The van der Waals surface area contributed by atoms with E-state index >= 15 is 0 Å². The largest absolute Gasteiger partial charge is 0.486 e. The van der Waals surface area contributed by atoms with Gasteiger partial charge in [-0.05, 0) is 36.4 Å². The Hall–Kier alpha value is -2.35. The van der Waals surface area contributed by atoms with Crippen molar-refractivity contribution in [2.45, 2.75) is 11.1 Å². The molecule has 1 amide bonds. The van der Waals surface area contributed by atoms with E-state index in [1.165, 1.54) is 23.9 Å². The number of ether oxygens (including phenoxy) is 2. The van der Waals surface area contributed by atoms with Crippen LogP contribution in [0.1, 0.15) is 5.56 Å². The fourth-order valence-corrected chi connectivity index (χ4v) is 2.96. The van der Waals surface area contributed by atoms with Crippen molar-refractivity contribution in [3.63, 3.8) is 0 Å². The van der Waals surface area contributed by atoms with E-state index in [1.807, 2.05) is 0 Å². The smallest absolute Gasteiger partial charge is 0.416 e. The lowest BCUT2D eigenvalue weighted by atomic mass is 10.2. The molecule has 1 aliphatic rings. The maximum Gasteiger partial charge on any atom is 0.416 e. The van der Waals surface area contributed by atoms with Gasteiger partial charge in [-0.3, -0.25) is 4.79 Å². The molecule has 0 aliphatic carbocycles. The molecule has 4 nitrogen and oxygen atoms in total. The molecule has 3 rings (SSSR count). The van der Waals surface area contributed by atoms with E-state index in [9.17, 15) is 18.0 Å². The first kappa shape index (κ1) is 17.5. The topological polar surface area (TPSA) is 47.6 Å². The lowest BCUT2D eigenvalue weighted by molar-refractivity contribution is -0.137. The van der Waals surface area contributed by atoms with Crippen molar-refractivity contribution in [2.24, 2.45) is 0 Å². The van der Waals surface area contributed by atoms with Gasteiger partial charge >= 0.3 is 6.18 Å². The number of fused-ring (bicyclic) bond motifs is 1. The molecule has 0 atom stereocenters. The quantitative estimate of drug-likeness (QED) is 0.821. The number of benzene rings is 2. The van der Waals surface area contributed by atoms with Crippen LogP contribution in [0.2, 0.25) is 0 Å². The van der Waals surface area contributed by atoms with Crippen LogP contribution < -0.4 is 14.8 Å². The summed E-state index contributed by atoms with van der Waals surface area (Å²) in [5.41, 5.74) is -0.688. The number of alkyl halides is 3. The number of hydrogen-bond acceptors (Lipinski definition) is 4. The van der Waals surface area contributed by atoms with Crippen LogP contribution in [0.3, 0.4) is 0 Å². The van der Waals surface area contributed by atoms with Crippen LogP contribution in [0.5, 0.6) is 11.5 Å². The van der Waals surface area contributed by atoms with Crippen LogP contribution in [0, 0.1) is 0 Å². The van der Waals surface area contributed by atoms with E-state index in [0.717, 1.165) is 17.0 Å². The minimum absolute atomic E-state index is 0.0654. The Bertz CT molecular complexity index is 780. The molecule has 0 radical (unpaired) electrons. The van der Waals surface area contributed by atoms with Gasteiger partial charge in [0, 0.05) is 10.6 Å². The fourth-order valence-electron chi connectivity index (χ4n) is 2.23. The lowest BCUT2D eigenvalue weighted by Gasteiger charge is -2.18. The van der Waals surface area contributed by atoms with E-state index < -0.39 is 11.7 Å². The van der Waals surface area contributed by atoms with E-state index in [-0.39, 0.29) is 17.3 Å². The molecule has 132 valence electrons. The number of amides is 1. The number of halogens is 3. The van der Waals surface area contributed by atoms with E-state index in [0.29, 0.717) is 24.7 Å². The van der Waals surface area contributed by atoms with Crippen LogP contribution in [-0.2, 0) is 11.0 Å². The van der Waals surface area contributed by atoms with Crippen LogP contribution in [0.4, 0.5) is 18.9 Å². The maximum atomic E-state index is 12.7. The first-order valence-corrected chi connectivity index (χ1v) is 8.40. The Balaban J connectivity index is 1.58. The molecule has 1 N–H and O–H groups in total. The third kappa shape index (κ3) is 4.60. The number of rotatable bonds is 4. The van der Waals surface area contributed by atoms with Crippen LogP contribution in [-0.4, -0.2) is 24.9 Å².